The molecule has 0 heterocycles. The van der Waals surface area contributed by atoms with E-state index in [1.807, 2.05) is 30.3 Å². The molecule has 0 saturated carbocycles. The van der Waals surface area contributed by atoms with E-state index in [-0.39, 0.29) is 18.2 Å². The number of amides is 2. The van der Waals surface area contributed by atoms with Crippen molar-refractivity contribution in [3.8, 4) is 0 Å². The molecule has 3 N–H and O–H groups in total. The quantitative estimate of drug-likeness (QED) is 0.766. The molecule has 17 heavy (non-hydrogen) atoms. The van der Waals surface area contributed by atoms with Crippen molar-refractivity contribution in [1.82, 2.24) is 5.32 Å². The summed E-state index contributed by atoms with van der Waals surface area (Å²) in [5.41, 5.74) is 6.21. The number of carbonyl (C=O) groups is 2. The predicted molar refractivity (Wildman–Crippen MR) is 66.1 cm³/mol. The van der Waals surface area contributed by atoms with Crippen molar-refractivity contribution in [2.45, 2.75) is 19.8 Å². The van der Waals surface area contributed by atoms with Crippen molar-refractivity contribution in [3.63, 3.8) is 0 Å². The summed E-state index contributed by atoms with van der Waals surface area (Å²) in [6.07, 6.45) is 0.882. The summed E-state index contributed by atoms with van der Waals surface area (Å²) in [6.45, 7) is 2.27. The molecule has 0 aliphatic heterocycles. The van der Waals surface area contributed by atoms with Gasteiger partial charge in [0.1, 0.15) is 0 Å². The highest BCUT2D eigenvalue weighted by Crippen LogP contribution is 2.02. The summed E-state index contributed by atoms with van der Waals surface area (Å²) in [7, 11) is 0. The zero-order valence-corrected chi connectivity index (χ0v) is 9.98. The topological polar surface area (TPSA) is 72.2 Å². The molecule has 0 fully saturated rings. The third kappa shape index (κ3) is 5.15. The second kappa shape index (κ2) is 6.68. The van der Waals surface area contributed by atoms with E-state index in [0.29, 0.717) is 6.54 Å². The maximum atomic E-state index is 11.5. The molecule has 0 aliphatic carbocycles. The lowest BCUT2D eigenvalue weighted by atomic mass is 10.1. The molecule has 92 valence electrons. The fourth-order valence-electron chi connectivity index (χ4n) is 1.54. The van der Waals surface area contributed by atoms with Crippen molar-refractivity contribution in [1.29, 1.82) is 0 Å². The maximum absolute atomic E-state index is 11.5. The fraction of sp³-hybridized carbons (Fsp3) is 0.385. The van der Waals surface area contributed by atoms with Crippen LogP contribution in [0.5, 0.6) is 0 Å². The predicted octanol–water partition coefficient (Wildman–Crippen LogP) is 0.857. The number of rotatable bonds is 6. The summed E-state index contributed by atoms with van der Waals surface area (Å²) >= 11 is 0. The van der Waals surface area contributed by atoms with Crippen LogP contribution in [0.15, 0.2) is 30.3 Å². The van der Waals surface area contributed by atoms with Gasteiger partial charge in [-0.1, -0.05) is 37.3 Å². The van der Waals surface area contributed by atoms with Gasteiger partial charge in [-0.05, 0) is 12.0 Å². The van der Waals surface area contributed by atoms with Crippen molar-refractivity contribution in [2.75, 3.05) is 6.54 Å². The Kier molecular flexibility index (Phi) is 5.20. The molecule has 1 atom stereocenters. The van der Waals surface area contributed by atoms with Gasteiger partial charge in [-0.2, -0.15) is 0 Å². The van der Waals surface area contributed by atoms with Gasteiger partial charge in [0.15, 0.2) is 0 Å². The number of nitrogens with one attached hydrogen (secondary N) is 1. The Morgan fingerprint density at radius 3 is 2.53 bits per heavy atom. The molecule has 0 saturated heterocycles. The Balaban J connectivity index is 2.27. The largest absolute Gasteiger partial charge is 0.370 e. The lowest BCUT2D eigenvalue weighted by molar-refractivity contribution is -0.128. The van der Waals surface area contributed by atoms with Gasteiger partial charge in [0.2, 0.25) is 11.8 Å². The molecule has 1 aromatic rings. The number of benzene rings is 1. The van der Waals surface area contributed by atoms with Crippen molar-refractivity contribution < 1.29 is 9.59 Å². The van der Waals surface area contributed by atoms with Gasteiger partial charge in [0, 0.05) is 18.9 Å². The average Bonchev–Trinajstić information content (AvgIpc) is 2.29. The highest BCUT2D eigenvalue weighted by atomic mass is 16.2. The molecular weight excluding hydrogens is 216 g/mol. The SMILES string of the molecule is CC(CC(N)=O)C(=O)NCCc1ccccc1. The third-order valence-corrected chi connectivity index (χ3v) is 2.51. The minimum absolute atomic E-state index is 0.0944. The van der Waals surface area contributed by atoms with E-state index in [1.165, 1.54) is 5.56 Å². The molecule has 1 aromatic carbocycles. The first kappa shape index (κ1) is 13.2. The van der Waals surface area contributed by atoms with Crippen LogP contribution in [0.4, 0.5) is 0 Å². The monoisotopic (exact) mass is 234 g/mol. The van der Waals surface area contributed by atoms with Gasteiger partial charge in [-0.25, -0.2) is 0 Å². The molecule has 0 aromatic heterocycles. The van der Waals surface area contributed by atoms with Gasteiger partial charge in [0.05, 0.1) is 0 Å². The summed E-state index contributed by atoms with van der Waals surface area (Å²) in [6, 6.07) is 9.91. The fourth-order valence-corrected chi connectivity index (χ4v) is 1.54. The lowest BCUT2D eigenvalue weighted by Gasteiger charge is -2.10. The molecule has 0 spiro atoms. The molecule has 0 radical (unpaired) electrons. The smallest absolute Gasteiger partial charge is 0.223 e. The molecule has 4 heteroatoms. The van der Waals surface area contributed by atoms with Gasteiger partial charge < -0.3 is 11.1 Å². The van der Waals surface area contributed by atoms with Crippen molar-refractivity contribution in [3.05, 3.63) is 35.9 Å². The van der Waals surface area contributed by atoms with E-state index >= 15 is 0 Å². The molecular formula is C13H18N2O2. The first-order valence-corrected chi connectivity index (χ1v) is 5.69. The highest BCUT2D eigenvalue weighted by molar-refractivity contribution is 5.84. The van der Waals surface area contributed by atoms with Crippen LogP contribution < -0.4 is 11.1 Å². The zero-order valence-electron chi connectivity index (χ0n) is 9.98. The van der Waals surface area contributed by atoms with Crippen LogP contribution in [-0.2, 0) is 16.0 Å². The van der Waals surface area contributed by atoms with E-state index < -0.39 is 5.91 Å². The second-order valence-corrected chi connectivity index (χ2v) is 4.10. The van der Waals surface area contributed by atoms with Crippen molar-refractivity contribution in [2.24, 2.45) is 11.7 Å². The Morgan fingerprint density at radius 1 is 1.29 bits per heavy atom. The average molecular weight is 234 g/mol. The van der Waals surface area contributed by atoms with Crippen molar-refractivity contribution >= 4 is 11.8 Å². The van der Waals surface area contributed by atoms with Crippen LogP contribution >= 0.6 is 0 Å². The minimum atomic E-state index is -0.448. The van der Waals surface area contributed by atoms with E-state index in [2.05, 4.69) is 5.32 Å². The number of hydrogen-bond donors (Lipinski definition) is 2. The van der Waals surface area contributed by atoms with Gasteiger partial charge in [-0.3, -0.25) is 9.59 Å². The van der Waals surface area contributed by atoms with Gasteiger partial charge in [0.25, 0.3) is 0 Å². The Bertz CT molecular complexity index is 376. The van der Waals surface area contributed by atoms with Gasteiger partial charge >= 0.3 is 0 Å². The van der Waals surface area contributed by atoms with Crippen LogP contribution in [0, 0.1) is 5.92 Å². The number of nitrogens with two attached hydrogens (primary N) is 1. The number of carbonyl (C=O) groups excluding carboxylic acids is 2. The summed E-state index contributed by atoms with van der Waals surface area (Å²) < 4.78 is 0. The maximum Gasteiger partial charge on any atom is 0.223 e. The Labute approximate surface area is 101 Å². The first-order valence-electron chi connectivity index (χ1n) is 5.69. The van der Waals surface area contributed by atoms with Crippen LogP contribution in [0.1, 0.15) is 18.9 Å². The number of primary amides is 1. The van der Waals surface area contributed by atoms with E-state index in [9.17, 15) is 9.59 Å². The summed E-state index contributed by atoms with van der Waals surface area (Å²) in [4.78, 5) is 22.2. The molecule has 0 bridgehead atoms. The highest BCUT2D eigenvalue weighted by Gasteiger charge is 2.14. The molecule has 2 amide bonds. The third-order valence-electron chi connectivity index (χ3n) is 2.51. The lowest BCUT2D eigenvalue weighted by Crippen LogP contribution is -2.33. The molecule has 1 rings (SSSR count). The normalized spacial score (nSPS) is 11.8. The van der Waals surface area contributed by atoms with E-state index in [1.54, 1.807) is 6.92 Å². The number of hydrogen-bond acceptors (Lipinski definition) is 2. The van der Waals surface area contributed by atoms with Crippen LogP contribution in [0.25, 0.3) is 0 Å². The minimum Gasteiger partial charge on any atom is -0.370 e. The van der Waals surface area contributed by atoms with Gasteiger partial charge in [-0.15, -0.1) is 0 Å². The Hall–Kier alpha value is -1.84. The first-order chi connectivity index (χ1) is 8.09. The standard InChI is InChI=1S/C13H18N2O2/c1-10(9-12(14)16)13(17)15-8-7-11-5-3-2-4-6-11/h2-6,10H,7-9H2,1H3,(H2,14,16)(H,15,17). The molecule has 1 unspecified atom stereocenters. The van der Waals surface area contributed by atoms with Crippen LogP contribution in [0.2, 0.25) is 0 Å². The van der Waals surface area contributed by atoms with E-state index in [4.69, 9.17) is 5.73 Å². The summed E-state index contributed by atoms with van der Waals surface area (Å²) in [5.74, 6) is -0.932. The zero-order chi connectivity index (χ0) is 12.7. The van der Waals surface area contributed by atoms with Crippen LogP contribution in [-0.4, -0.2) is 18.4 Å². The molecule has 4 nitrogen and oxygen atoms in total. The second-order valence-electron chi connectivity index (χ2n) is 4.10. The van der Waals surface area contributed by atoms with E-state index in [0.717, 1.165) is 6.42 Å². The Morgan fingerprint density at radius 2 is 1.94 bits per heavy atom. The molecule has 0 aliphatic rings. The van der Waals surface area contributed by atoms with Crippen LogP contribution in [0.3, 0.4) is 0 Å². The summed E-state index contributed by atoms with van der Waals surface area (Å²) in [5, 5.41) is 2.79.